The van der Waals surface area contributed by atoms with E-state index < -0.39 is 7.82 Å². The molecule has 1 rings (SSSR count). The van der Waals surface area contributed by atoms with Gasteiger partial charge in [0.2, 0.25) is 0 Å². The van der Waals surface area contributed by atoms with Gasteiger partial charge in [-0.1, -0.05) is 0 Å². The lowest BCUT2D eigenvalue weighted by Gasteiger charge is -1.82. The normalized spacial score (nSPS) is 17.9. The highest BCUT2D eigenvalue weighted by Gasteiger charge is 2.00. The van der Waals surface area contributed by atoms with Crippen molar-refractivity contribution in [3.8, 4) is 0 Å². The summed E-state index contributed by atoms with van der Waals surface area (Å²) in [4.78, 5) is 21.6. The van der Waals surface area contributed by atoms with Gasteiger partial charge >= 0.3 is 7.82 Å². The van der Waals surface area contributed by atoms with Crippen molar-refractivity contribution in [2.24, 2.45) is 0 Å². The summed E-state index contributed by atoms with van der Waals surface area (Å²) in [5, 5.41) is 0. The summed E-state index contributed by atoms with van der Waals surface area (Å²) in [5.74, 6) is 2.83. The highest BCUT2D eigenvalue weighted by atomic mass is 32.2. The fourth-order valence-electron chi connectivity index (χ4n) is 0.510. The molecule has 0 aliphatic carbocycles. The minimum Gasteiger partial charge on any atom is -0.303 e. The fraction of sp³-hybridized carbons (Fsp3) is 1.00. The van der Waals surface area contributed by atoms with E-state index >= 15 is 0 Å². The molecule has 1 fully saturated rings. The molecule has 0 radical (unpaired) electrons. The Balaban J connectivity index is 0.000000162. The summed E-state index contributed by atoms with van der Waals surface area (Å²) in [5.41, 5.74) is 0. The molecule has 0 spiro atoms. The van der Waals surface area contributed by atoms with Crippen LogP contribution >= 0.6 is 19.6 Å². The van der Waals surface area contributed by atoms with Gasteiger partial charge in [0, 0.05) is 0 Å². The van der Waals surface area contributed by atoms with E-state index in [1.54, 1.807) is 0 Å². The lowest BCUT2D eigenvalue weighted by atomic mass is 10.4. The topological polar surface area (TPSA) is 77.8 Å². The van der Waals surface area contributed by atoms with Crippen LogP contribution in [0.5, 0.6) is 0 Å². The number of thioether (sulfide) groups is 1. The maximum absolute atomic E-state index is 8.88. The maximum atomic E-state index is 8.88. The van der Waals surface area contributed by atoms with Crippen molar-refractivity contribution in [3.63, 3.8) is 0 Å². The Hall–Kier alpha value is 0.460. The first kappa shape index (κ1) is 10.5. The average molecular weight is 186 g/mol. The van der Waals surface area contributed by atoms with Gasteiger partial charge in [0.15, 0.2) is 0 Å². The molecule has 1 heterocycles. The lowest BCUT2D eigenvalue weighted by Crippen LogP contribution is -1.66. The first-order valence-corrected chi connectivity index (χ1v) is 5.58. The van der Waals surface area contributed by atoms with Crippen molar-refractivity contribution in [1.29, 1.82) is 0 Å². The Bertz CT molecular complexity index is 103. The molecule has 3 N–H and O–H groups in total. The van der Waals surface area contributed by atoms with Crippen LogP contribution in [0.25, 0.3) is 0 Å². The second kappa shape index (κ2) is 5.16. The summed E-state index contributed by atoms with van der Waals surface area (Å²) in [6, 6.07) is 0. The minimum atomic E-state index is -4.64. The van der Waals surface area contributed by atoms with Crippen LogP contribution in [0.4, 0.5) is 0 Å². The molecule has 0 saturated carbocycles. The van der Waals surface area contributed by atoms with Crippen LogP contribution in [0.2, 0.25) is 0 Å². The molecule has 1 aliphatic heterocycles. The zero-order valence-electron chi connectivity index (χ0n) is 5.43. The number of hydrogen-bond donors (Lipinski definition) is 3. The van der Waals surface area contributed by atoms with Gasteiger partial charge in [-0.05, 0) is 24.3 Å². The maximum Gasteiger partial charge on any atom is 0.466 e. The van der Waals surface area contributed by atoms with E-state index in [2.05, 4.69) is 11.8 Å². The van der Waals surface area contributed by atoms with E-state index in [1.807, 2.05) is 0 Å². The van der Waals surface area contributed by atoms with Gasteiger partial charge in [-0.2, -0.15) is 11.8 Å². The van der Waals surface area contributed by atoms with Crippen molar-refractivity contribution < 1.29 is 19.2 Å². The van der Waals surface area contributed by atoms with Crippen LogP contribution < -0.4 is 0 Å². The first-order chi connectivity index (χ1) is 4.50. The van der Waals surface area contributed by atoms with Gasteiger partial charge in [0.05, 0.1) is 0 Å². The minimum absolute atomic E-state index is 1.42. The molecule has 0 atom stereocenters. The van der Waals surface area contributed by atoms with Crippen LogP contribution in [0.1, 0.15) is 12.8 Å². The molecule has 1 aliphatic rings. The van der Waals surface area contributed by atoms with Crippen LogP contribution in [0, 0.1) is 0 Å². The van der Waals surface area contributed by atoms with Gasteiger partial charge in [0.25, 0.3) is 0 Å². The van der Waals surface area contributed by atoms with Gasteiger partial charge in [-0.3, -0.25) is 0 Å². The third-order valence-corrected chi connectivity index (χ3v) is 1.98. The zero-order valence-corrected chi connectivity index (χ0v) is 7.14. The highest BCUT2D eigenvalue weighted by Crippen LogP contribution is 2.25. The molecule has 10 heavy (non-hydrogen) atoms. The predicted octanol–water partition coefficient (Wildman–Crippen LogP) is 0.585. The lowest BCUT2D eigenvalue weighted by molar-refractivity contribution is 0.275. The van der Waals surface area contributed by atoms with Crippen LogP contribution in [0.15, 0.2) is 0 Å². The Morgan fingerprint density at radius 1 is 1.10 bits per heavy atom. The third kappa shape index (κ3) is 15.8. The summed E-state index contributed by atoms with van der Waals surface area (Å²) < 4.78 is 8.88. The second-order valence-electron chi connectivity index (χ2n) is 1.83. The molecule has 0 bridgehead atoms. The second-order valence-corrected chi connectivity index (χ2v) is 4.08. The van der Waals surface area contributed by atoms with Crippen LogP contribution in [-0.4, -0.2) is 26.2 Å². The van der Waals surface area contributed by atoms with E-state index in [0.29, 0.717) is 0 Å². The average Bonchev–Trinajstić information content (AvgIpc) is 2.07. The third-order valence-electron chi connectivity index (χ3n) is 0.827. The Morgan fingerprint density at radius 2 is 1.40 bits per heavy atom. The van der Waals surface area contributed by atoms with Gasteiger partial charge in [-0.25, -0.2) is 4.57 Å². The van der Waals surface area contributed by atoms with Crippen molar-refractivity contribution >= 4 is 19.6 Å². The van der Waals surface area contributed by atoms with E-state index in [9.17, 15) is 0 Å². The molecule has 1 saturated heterocycles. The van der Waals surface area contributed by atoms with Crippen molar-refractivity contribution in [3.05, 3.63) is 0 Å². The van der Waals surface area contributed by atoms with Crippen molar-refractivity contribution in [2.45, 2.75) is 12.8 Å². The number of rotatable bonds is 0. The largest absolute Gasteiger partial charge is 0.466 e. The first-order valence-electron chi connectivity index (χ1n) is 2.86. The molecular formula is C4H11O4PS. The fourth-order valence-corrected chi connectivity index (χ4v) is 1.53. The SMILES string of the molecule is C1CCSC1.O=P(O)(O)O. The predicted molar refractivity (Wildman–Crippen MR) is 40.8 cm³/mol. The Kier molecular flexibility index (Phi) is 5.39. The van der Waals surface area contributed by atoms with Crippen LogP contribution in [-0.2, 0) is 4.57 Å². The summed E-state index contributed by atoms with van der Waals surface area (Å²) >= 11 is 2.07. The van der Waals surface area contributed by atoms with E-state index in [-0.39, 0.29) is 0 Å². The molecule has 0 aromatic rings. The van der Waals surface area contributed by atoms with E-state index in [1.165, 1.54) is 24.3 Å². The van der Waals surface area contributed by atoms with E-state index in [0.717, 1.165) is 0 Å². The quantitative estimate of drug-likeness (QED) is 0.482. The Labute approximate surface area is 63.9 Å². The molecule has 0 aromatic heterocycles. The van der Waals surface area contributed by atoms with Crippen molar-refractivity contribution in [2.75, 3.05) is 11.5 Å². The van der Waals surface area contributed by atoms with Gasteiger partial charge in [0.1, 0.15) is 0 Å². The smallest absolute Gasteiger partial charge is 0.303 e. The Morgan fingerprint density at radius 3 is 1.50 bits per heavy atom. The van der Waals surface area contributed by atoms with Crippen molar-refractivity contribution in [1.82, 2.24) is 0 Å². The van der Waals surface area contributed by atoms with Gasteiger partial charge in [-0.15, -0.1) is 0 Å². The molecule has 6 heteroatoms. The number of phosphoric acid groups is 1. The molecule has 0 aromatic carbocycles. The molecular weight excluding hydrogens is 175 g/mol. The van der Waals surface area contributed by atoms with E-state index in [4.69, 9.17) is 19.2 Å². The molecule has 4 nitrogen and oxygen atoms in total. The summed E-state index contributed by atoms with van der Waals surface area (Å²) in [6.07, 6.45) is 2.93. The summed E-state index contributed by atoms with van der Waals surface area (Å²) in [6.45, 7) is 0. The monoisotopic (exact) mass is 186 g/mol. The zero-order chi connectivity index (χ0) is 8.04. The number of hydrogen-bond acceptors (Lipinski definition) is 2. The standard InChI is InChI=1S/C4H8S.H3O4P/c1-2-4-5-3-1;1-5(2,3)4/h1-4H2;(H3,1,2,3,4). The summed E-state index contributed by atoms with van der Waals surface area (Å²) in [7, 11) is -4.64. The molecule has 0 unspecified atom stereocenters. The molecule has 0 amide bonds. The molecule has 62 valence electrons. The highest BCUT2D eigenvalue weighted by molar-refractivity contribution is 7.99. The van der Waals surface area contributed by atoms with Crippen LogP contribution in [0.3, 0.4) is 0 Å². The van der Waals surface area contributed by atoms with Gasteiger partial charge < -0.3 is 14.7 Å².